The molecule has 0 radical (unpaired) electrons. The Kier molecular flexibility index (Phi) is 5.07. The number of benzene rings is 2. The topological polar surface area (TPSA) is 71.4 Å². The molecule has 112 valence electrons. The molecule has 0 saturated heterocycles. The van der Waals surface area contributed by atoms with Crippen LogP contribution in [0.1, 0.15) is 23.2 Å². The SMILES string of the molecule is C=C(CCC(=O)C(=O)c1ccc(I)c2ccccc12)C(=O)O. The molecule has 4 nitrogen and oxygen atoms in total. The van der Waals surface area contributed by atoms with E-state index in [4.69, 9.17) is 5.11 Å². The lowest BCUT2D eigenvalue weighted by Gasteiger charge is -2.07. The second kappa shape index (κ2) is 6.83. The van der Waals surface area contributed by atoms with Crippen molar-refractivity contribution in [2.45, 2.75) is 12.8 Å². The molecule has 0 aliphatic heterocycles. The molecule has 0 fully saturated rings. The molecule has 0 aromatic heterocycles. The largest absolute Gasteiger partial charge is 0.478 e. The maximum Gasteiger partial charge on any atom is 0.330 e. The van der Waals surface area contributed by atoms with Crippen LogP contribution in [0, 0.1) is 3.57 Å². The molecule has 0 amide bonds. The predicted octanol–water partition coefficient (Wildman–Crippen LogP) is 3.62. The minimum atomic E-state index is -1.15. The van der Waals surface area contributed by atoms with Gasteiger partial charge in [0.1, 0.15) is 0 Å². The van der Waals surface area contributed by atoms with Gasteiger partial charge in [-0.3, -0.25) is 9.59 Å². The molecule has 2 aromatic rings. The molecule has 1 N–H and O–H groups in total. The number of carboxylic acids is 1. The van der Waals surface area contributed by atoms with Crippen molar-refractivity contribution in [3.05, 3.63) is 57.7 Å². The summed E-state index contributed by atoms with van der Waals surface area (Å²) in [5.74, 6) is -2.35. The predicted molar refractivity (Wildman–Crippen MR) is 92.0 cm³/mol. The van der Waals surface area contributed by atoms with Gasteiger partial charge in [0, 0.05) is 21.1 Å². The van der Waals surface area contributed by atoms with E-state index in [0.29, 0.717) is 5.56 Å². The van der Waals surface area contributed by atoms with Gasteiger partial charge in [-0.05, 0) is 51.9 Å². The molecular formula is C17H13IO4. The van der Waals surface area contributed by atoms with Gasteiger partial charge in [-0.2, -0.15) is 0 Å². The van der Waals surface area contributed by atoms with Crippen molar-refractivity contribution < 1.29 is 19.5 Å². The molecule has 5 heteroatoms. The number of carboxylic acid groups (broad SMARTS) is 1. The second-order valence-electron chi connectivity index (χ2n) is 4.80. The number of rotatable bonds is 6. The van der Waals surface area contributed by atoms with Crippen LogP contribution in [0.15, 0.2) is 48.6 Å². The van der Waals surface area contributed by atoms with E-state index in [9.17, 15) is 14.4 Å². The van der Waals surface area contributed by atoms with Crippen molar-refractivity contribution in [1.82, 2.24) is 0 Å². The average molecular weight is 408 g/mol. The molecule has 0 aliphatic carbocycles. The zero-order valence-corrected chi connectivity index (χ0v) is 13.8. The Labute approximate surface area is 141 Å². The third-order valence-electron chi connectivity index (χ3n) is 3.33. The van der Waals surface area contributed by atoms with Crippen LogP contribution >= 0.6 is 22.6 Å². The van der Waals surface area contributed by atoms with E-state index in [0.717, 1.165) is 14.3 Å². The normalized spacial score (nSPS) is 10.4. The molecule has 0 unspecified atom stereocenters. The van der Waals surface area contributed by atoms with Crippen LogP contribution in [0.4, 0.5) is 0 Å². The fraction of sp³-hybridized carbons (Fsp3) is 0.118. The van der Waals surface area contributed by atoms with Crippen molar-refractivity contribution in [2.75, 3.05) is 0 Å². The Morgan fingerprint density at radius 1 is 1.00 bits per heavy atom. The van der Waals surface area contributed by atoms with E-state index >= 15 is 0 Å². The summed E-state index contributed by atoms with van der Waals surface area (Å²) in [7, 11) is 0. The van der Waals surface area contributed by atoms with Gasteiger partial charge in [0.2, 0.25) is 11.6 Å². The zero-order valence-electron chi connectivity index (χ0n) is 11.6. The lowest BCUT2D eigenvalue weighted by atomic mass is 9.97. The Morgan fingerprint density at radius 2 is 1.64 bits per heavy atom. The summed E-state index contributed by atoms with van der Waals surface area (Å²) in [6.07, 6.45) is -0.174. The smallest absolute Gasteiger partial charge is 0.330 e. The molecular weight excluding hydrogens is 395 g/mol. The summed E-state index contributed by atoms with van der Waals surface area (Å²) >= 11 is 2.17. The third kappa shape index (κ3) is 3.41. The van der Waals surface area contributed by atoms with Crippen LogP contribution in [0.2, 0.25) is 0 Å². The highest BCUT2D eigenvalue weighted by Crippen LogP contribution is 2.25. The lowest BCUT2D eigenvalue weighted by Crippen LogP contribution is -2.15. The monoisotopic (exact) mass is 408 g/mol. The van der Waals surface area contributed by atoms with Gasteiger partial charge in [-0.25, -0.2) is 4.79 Å². The van der Waals surface area contributed by atoms with Crippen molar-refractivity contribution in [2.24, 2.45) is 0 Å². The van der Waals surface area contributed by atoms with E-state index in [1.54, 1.807) is 18.2 Å². The number of hydrogen-bond donors (Lipinski definition) is 1. The maximum absolute atomic E-state index is 12.3. The number of halogens is 1. The Morgan fingerprint density at radius 3 is 2.27 bits per heavy atom. The van der Waals surface area contributed by atoms with E-state index in [1.807, 2.05) is 18.2 Å². The van der Waals surface area contributed by atoms with Gasteiger partial charge >= 0.3 is 5.97 Å². The number of carbonyl (C=O) groups is 3. The van der Waals surface area contributed by atoms with Crippen LogP contribution in [0.25, 0.3) is 10.8 Å². The quantitative estimate of drug-likeness (QED) is 0.343. The molecule has 0 aliphatic rings. The number of Topliss-reactive ketones (excluding diaryl/α,β-unsaturated/α-hetero) is 2. The molecule has 0 atom stereocenters. The van der Waals surface area contributed by atoms with Crippen LogP contribution in [-0.2, 0) is 9.59 Å². The molecule has 2 aromatic carbocycles. The Balaban J connectivity index is 2.27. The molecule has 0 spiro atoms. The number of ketones is 2. The first-order valence-electron chi connectivity index (χ1n) is 6.57. The van der Waals surface area contributed by atoms with E-state index < -0.39 is 17.5 Å². The first kappa shape index (κ1) is 16.4. The molecule has 2 rings (SSSR count). The number of fused-ring (bicyclic) bond motifs is 1. The van der Waals surface area contributed by atoms with Gasteiger partial charge in [0.05, 0.1) is 0 Å². The van der Waals surface area contributed by atoms with Crippen LogP contribution in [0.3, 0.4) is 0 Å². The number of hydrogen-bond acceptors (Lipinski definition) is 3. The summed E-state index contributed by atoms with van der Waals surface area (Å²) in [6.45, 7) is 3.36. The van der Waals surface area contributed by atoms with Crippen molar-refractivity contribution in [3.8, 4) is 0 Å². The second-order valence-corrected chi connectivity index (χ2v) is 5.96. The summed E-state index contributed by atoms with van der Waals surface area (Å²) in [6, 6.07) is 10.8. The molecule has 22 heavy (non-hydrogen) atoms. The van der Waals surface area contributed by atoms with Gasteiger partial charge in [0.25, 0.3) is 0 Å². The highest BCUT2D eigenvalue weighted by molar-refractivity contribution is 14.1. The van der Waals surface area contributed by atoms with E-state index in [-0.39, 0.29) is 18.4 Å². The van der Waals surface area contributed by atoms with Gasteiger partial charge in [0.15, 0.2) is 0 Å². The van der Waals surface area contributed by atoms with Crippen LogP contribution < -0.4 is 0 Å². The first-order valence-corrected chi connectivity index (χ1v) is 7.65. The molecule has 0 bridgehead atoms. The molecule has 0 heterocycles. The summed E-state index contributed by atoms with van der Waals surface area (Å²) < 4.78 is 0.997. The van der Waals surface area contributed by atoms with E-state index in [1.165, 1.54) is 0 Å². The van der Waals surface area contributed by atoms with Gasteiger partial charge < -0.3 is 5.11 Å². The van der Waals surface area contributed by atoms with Crippen molar-refractivity contribution in [3.63, 3.8) is 0 Å². The average Bonchev–Trinajstić information content (AvgIpc) is 2.52. The third-order valence-corrected chi connectivity index (χ3v) is 4.27. The first-order chi connectivity index (χ1) is 10.4. The summed E-state index contributed by atoms with van der Waals surface area (Å²) in [5.41, 5.74) is 0.274. The zero-order chi connectivity index (χ0) is 16.3. The maximum atomic E-state index is 12.3. The Bertz CT molecular complexity index is 792. The minimum Gasteiger partial charge on any atom is -0.478 e. The number of aliphatic carboxylic acids is 1. The summed E-state index contributed by atoms with van der Waals surface area (Å²) in [4.78, 5) is 35.0. The Hall–Kier alpha value is -2.02. The van der Waals surface area contributed by atoms with Crippen LogP contribution in [0.5, 0.6) is 0 Å². The standard InChI is InChI=1S/C17H13IO4/c1-10(17(21)22)6-9-15(19)16(20)13-7-8-14(18)12-5-3-2-4-11(12)13/h2-5,7-8H,1,6,9H2,(H,21,22). The highest BCUT2D eigenvalue weighted by atomic mass is 127. The fourth-order valence-corrected chi connectivity index (χ4v) is 2.75. The van der Waals surface area contributed by atoms with Crippen molar-refractivity contribution >= 4 is 50.9 Å². The minimum absolute atomic E-state index is 0.0256. The van der Waals surface area contributed by atoms with E-state index in [2.05, 4.69) is 29.2 Å². The lowest BCUT2D eigenvalue weighted by molar-refractivity contribution is -0.132. The fourth-order valence-electron chi connectivity index (χ4n) is 2.10. The number of carbonyl (C=O) groups excluding carboxylic acids is 2. The van der Waals surface area contributed by atoms with Crippen molar-refractivity contribution in [1.29, 1.82) is 0 Å². The van der Waals surface area contributed by atoms with Gasteiger partial charge in [-0.15, -0.1) is 0 Å². The highest BCUT2D eigenvalue weighted by Gasteiger charge is 2.20. The van der Waals surface area contributed by atoms with Crippen LogP contribution in [-0.4, -0.2) is 22.6 Å². The van der Waals surface area contributed by atoms with Gasteiger partial charge in [-0.1, -0.05) is 30.8 Å². The molecule has 0 saturated carbocycles. The summed E-state index contributed by atoms with van der Waals surface area (Å²) in [5, 5.41) is 10.4.